The number of piperazine rings is 1. The Morgan fingerprint density at radius 1 is 1.35 bits per heavy atom. The molecule has 1 unspecified atom stereocenters. The average Bonchev–Trinajstić information content (AvgIpc) is 2.93. The number of carbonyl (C=O) groups excluding carboxylic acids is 1. The number of esters is 1. The van der Waals surface area contributed by atoms with E-state index in [1.807, 2.05) is 12.1 Å². The van der Waals surface area contributed by atoms with Gasteiger partial charge in [0, 0.05) is 31.4 Å². The van der Waals surface area contributed by atoms with Gasteiger partial charge in [0.25, 0.3) is 0 Å². The standard InChI is InChI=1S/C15H21N3O2/c1-20-15(19)13-9-11(16)4-5-14(13)18-8-7-17-6-2-3-12(17)10-18/h4-5,9,12H,2-3,6-8,10,16H2,1H3. The molecule has 5 heteroatoms. The Kier molecular flexibility index (Phi) is 3.53. The smallest absolute Gasteiger partial charge is 0.340 e. The molecule has 0 bridgehead atoms. The average molecular weight is 275 g/mol. The van der Waals surface area contributed by atoms with Crippen LogP contribution in [0.2, 0.25) is 0 Å². The minimum atomic E-state index is -0.318. The van der Waals surface area contributed by atoms with Gasteiger partial charge >= 0.3 is 5.97 Å². The molecule has 2 aliphatic rings. The molecule has 0 spiro atoms. The zero-order valence-corrected chi connectivity index (χ0v) is 11.8. The molecule has 1 atom stereocenters. The minimum absolute atomic E-state index is 0.318. The number of carbonyl (C=O) groups is 1. The maximum absolute atomic E-state index is 11.9. The zero-order chi connectivity index (χ0) is 14.1. The van der Waals surface area contributed by atoms with Gasteiger partial charge < -0.3 is 15.4 Å². The SMILES string of the molecule is COC(=O)c1cc(N)ccc1N1CCN2CCCC2C1. The molecule has 0 saturated carbocycles. The number of nitrogen functional groups attached to an aromatic ring is 1. The number of nitrogens with zero attached hydrogens (tertiary/aromatic N) is 2. The second-order valence-corrected chi connectivity index (χ2v) is 5.55. The Hall–Kier alpha value is -1.75. The molecule has 20 heavy (non-hydrogen) atoms. The Morgan fingerprint density at radius 3 is 3.00 bits per heavy atom. The first-order valence-electron chi connectivity index (χ1n) is 7.16. The van der Waals surface area contributed by atoms with E-state index in [0.717, 1.165) is 25.3 Å². The highest BCUT2D eigenvalue weighted by molar-refractivity contribution is 5.97. The first kappa shape index (κ1) is 13.2. The zero-order valence-electron chi connectivity index (χ0n) is 11.8. The van der Waals surface area contributed by atoms with E-state index in [1.54, 1.807) is 6.07 Å². The summed E-state index contributed by atoms with van der Waals surface area (Å²) in [4.78, 5) is 16.8. The predicted molar refractivity (Wildman–Crippen MR) is 79.0 cm³/mol. The van der Waals surface area contributed by atoms with Crippen LogP contribution >= 0.6 is 0 Å². The second-order valence-electron chi connectivity index (χ2n) is 5.55. The van der Waals surface area contributed by atoms with Crippen molar-refractivity contribution < 1.29 is 9.53 Å². The van der Waals surface area contributed by atoms with Crippen LogP contribution in [0.5, 0.6) is 0 Å². The maximum atomic E-state index is 11.9. The molecule has 2 heterocycles. The highest BCUT2D eigenvalue weighted by Gasteiger charge is 2.31. The van der Waals surface area contributed by atoms with Crippen molar-refractivity contribution in [3.05, 3.63) is 23.8 Å². The number of nitrogens with two attached hydrogens (primary N) is 1. The number of benzene rings is 1. The molecule has 2 saturated heterocycles. The lowest BCUT2D eigenvalue weighted by Crippen LogP contribution is -2.50. The molecule has 2 N–H and O–H groups in total. The highest BCUT2D eigenvalue weighted by atomic mass is 16.5. The van der Waals surface area contributed by atoms with Crippen LogP contribution in [0.3, 0.4) is 0 Å². The number of ether oxygens (including phenoxy) is 1. The molecule has 1 aromatic rings. The molecule has 0 aromatic heterocycles. The van der Waals surface area contributed by atoms with Crippen molar-refractivity contribution in [1.29, 1.82) is 0 Å². The first-order valence-corrected chi connectivity index (χ1v) is 7.16. The number of hydrogen-bond acceptors (Lipinski definition) is 5. The van der Waals surface area contributed by atoms with Crippen LogP contribution in [0.15, 0.2) is 18.2 Å². The van der Waals surface area contributed by atoms with Gasteiger partial charge in [0.15, 0.2) is 0 Å². The largest absolute Gasteiger partial charge is 0.465 e. The molecule has 0 aliphatic carbocycles. The topological polar surface area (TPSA) is 58.8 Å². The predicted octanol–water partition coefficient (Wildman–Crippen LogP) is 1.34. The summed E-state index contributed by atoms with van der Waals surface area (Å²) < 4.78 is 4.88. The molecular formula is C15H21N3O2. The Bertz CT molecular complexity index is 518. The van der Waals surface area contributed by atoms with E-state index < -0.39 is 0 Å². The molecule has 2 fully saturated rings. The van der Waals surface area contributed by atoms with Gasteiger partial charge in [-0.3, -0.25) is 4.90 Å². The fraction of sp³-hybridized carbons (Fsp3) is 0.533. The molecule has 0 amide bonds. The van der Waals surface area contributed by atoms with E-state index in [4.69, 9.17) is 10.5 Å². The Labute approximate surface area is 119 Å². The third kappa shape index (κ3) is 2.33. The maximum Gasteiger partial charge on any atom is 0.340 e. The van der Waals surface area contributed by atoms with E-state index in [1.165, 1.54) is 26.5 Å². The van der Waals surface area contributed by atoms with E-state index in [9.17, 15) is 4.79 Å². The van der Waals surface area contributed by atoms with Gasteiger partial charge in [-0.25, -0.2) is 4.79 Å². The van der Waals surface area contributed by atoms with E-state index >= 15 is 0 Å². The fourth-order valence-corrected chi connectivity index (χ4v) is 3.31. The quantitative estimate of drug-likeness (QED) is 0.652. The van der Waals surface area contributed by atoms with Crippen molar-refractivity contribution in [1.82, 2.24) is 4.90 Å². The summed E-state index contributed by atoms with van der Waals surface area (Å²) in [5.74, 6) is -0.318. The third-order valence-electron chi connectivity index (χ3n) is 4.35. The monoisotopic (exact) mass is 275 g/mol. The van der Waals surface area contributed by atoms with Crippen LogP contribution in [-0.4, -0.2) is 50.2 Å². The molecular weight excluding hydrogens is 254 g/mol. The van der Waals surface area contributed by atoms with Crippen LogP contribution in [0.4, 0.5) is 11.4 Å². The van der Waals surface area contributed by atoms with Crippen molar-refractivity contribution in [2.45, 2.75) is 18.9 Å². The lowest BCUT2D eigenvalue weighted by molar-refractivity contribution is 0.0601. The van der Waals surface area contributed by atoms with E-state index in [0.29, 0.717) is 17.3 Å². The number of fused-ring (bicyclic) bond motifs is 1. The first-order chi connectivity index (χ1) is 9.69. The van der Waals surface area contributed by atoms with Gasteiger partial charge in [0.1, 0.15) is 0 Å². The van der Waals surface area contributed by atoms with Crippen molar-refractivity contribution in [3.63, 3.8) is 0 Å². The lowest BCUT2D eigenvalue weighted by atomic mass is 10.1. The summed E-state index contributed by atoms with van der Waals surface area (Å²) in [6.45, 7) is 4.21. The van der Waals surface area contributed by atoms with Gasteiger partial charge in [0.05, 0.1) is 18.4 Å². The van der Waals surface area contributed by atoms with Crippen LogP contribution in [0.1, 0.15) is 23.2 Å². The van der Waals surface area contributed by atoms with Gasteiger partial charge in [-0.05, 0) is 37.6 Å². The van der Waals surface area contributed by atoms with Crippen molar-refractivity contribution in [3.8, 4) is 0 Å². The molecule has 3 rings (SSSR count). The van der Waals surface area contributed by atoms with E-state index in [2.05, 4.69) is 9.80 Å². The molecule has 0 radical (unpaired) electrons. The van der Waals surface area contributed by atoms with Crippen molar-refractivity contribution in [2.24, 2.45) is 0 Å². The summed E-state index contributed by atoms with van der Waals surface area (Å²) in [5.41, 5.74) is 7.90. The summed E-state index contributed by atoms with van der Waals surface area (Å²) in [5, 5.41) is 0. The van der Waals surface area contributed by atoms with Crippen molar-refractivity contribution >= 4 is 17.3 Å². The van der Waals surface area contributed by atoms with Gasteiger partial charge in [-0.1, -0.05) is 0 Å². The Morgan fingerprint density at radius 2 is 2.20 bits per heavy atom. The van der Waals surface area contributed by atoms with Crippen LogP contribution in [0.25, 0.3) is 0 Å². The van der Waals surface area contributed by atoms with Gasteiger partial charge in [-0.2, -0.15) is 0 Å². The van der Waals surface area contributed by atoms with Crippen LogP contribution in [0, 0.1) is 0 Å². The molecule has 108 valence electrons. The minimum Gasteiger partial charge on any atom is -0.465 e. The normalized spacial score (nSPS) is 22.6. The molecule has 1 aromatic carbocycles. The Balaban J connectivity index is 1.87. The number of anilines is 2. The number of rotatable bonds is 2. The summed E-state index contributed by atoms with van der Waals surface area (Å²) in [6, 6.07) is 6.11. The fourth-order valence-electron chi connectivity index (χ4n) is 3.31. The summed E-state index contributed by atoms with van der Waals surface area (Å²) in [7, 11) is 1.41. The van der Waals surface area contributed by atoms with E-state index in [-0.39, 0.29) is 5.97 Å². The summed E-state index contributed by atoms with van der Waals surface area (Å²) >= 11 is 0. The lowest BCUT2D eigenvalue weighted by Gasteiger charge is -2.39. The molecule has 5 nitrogen and oxygen atoms in total. The summed E-state index contributed by atoms with van der Waals surface area (Å²) in [6.07, 6.45) is 2.53. The number of hydrogen-bond donors (Lipinski definition) is 1. The van der Waals surface area contributed by atoms with Crippen LogP contribution in [-0.2, 0) is 4.74 Å². The van der Waals surface area contributed by atoms with Gasteiger partial charge in [-0.15, -0.1) is 0 Å². The molecule has 2 aliphatic heterocycles. The third-order valence-corrected chi connectivity index (χ3v) is 4.35. The van der Waals surface area contributed by atoms with Crippen molar-refractivity contribution in [2.75, 3.05) is 43.9 Å². The highest BCUT2D eigenvalue weighted by Crippen LogP contribution is 2.29. The van der Waals surface area contributed by atoms with Crippen LogP contribution < -0.4 is 10.6 Å². The number of methoxy groups -OCH3 is 1. The second kappa shape index (κ2) is 5.32. The van der Waals surface area contributed by atoms with Gasteiger partial charge in [0.2, 0.25) is 0 Å².